The summed E-state index contributed by atoms with van der Waals surface area (Å²) in [4.78, 5) is 10.2. The van der Waals surface area contributed by atoms with Crippen molar-refractivity contribution in [2.75, 3.05) is 5.73 Å². The largest absolute Gasteiger partial charge is 0.477 e. The summed E-state index contributed by atoms with van der Waals surface area (Å²) in [5.74, 6) is -1.18. The molecule has 0 aromatic carbocycles. The Morgan fingerprint density at radius 3 is 2.70 bits per heavy atom. The van der Waals surface area contributed by atoms with E-state index in [2.05, 4.69) is 5.10 Å². The molecule has 1 aromatic rings. The van der Waals surface area contributed by atoms with Gasteiger partial charge in [0.25, 0.3) is 7.98 Å². The van der Waals surface area contributed by atoms with Gasteiger partial charge in [0.15, 0.2) is 0 Å². The number of nitrogens with zero attached hydrogens (tertiary/aromatic N) is 2. The van der Waals surface area contributed by atoms with Gasteiger partial charge in [-0.2, -0.15) is 5.10 Å². The van der Waals surface area contributed by atoms with E-state index >= 15 is 0 Å². The summed E-state index contributed by atoms with van der Waals surface area (Å²) in [6.07, 6.45) is 1.09. The molecule has 1 aromatic heterocycles. The standard InChI is InChI=1S/C4H4BN3O2/c5-8-3(6)2(1-7-8)4(9)10/h1H,6H2,(H,9,10). The van der Waals surface area contributed by atoms with E-state index in [0.29, 0.717) is 0 Å². The van der Waals surface area contributed by atoms with Gasteiger partial charge in [0.05, 0.1) is 6.20 Å². The fourth-order valence-electron chi connectivity index (χ4n) is 0.536. The van der Waals surface area contributed by atoms with E-state index in [4.69, 9.17) is 18.8 Å². The van der Waals surface area contributed by atoms with Crippen LogP contribution in [-0.4, -0.2) is 28.7 Å². The van der Waals surface area contributed by atoms with Gasteiger partial charge in [-0.25, -0.2) is 4.79 Å². The van der Waals surface area contributed by atoms with Crippen molar-refractivity contribution in [1.29, 1.82) is 0 Å². The van der Waals surface area contributed by atoms with Crippen LogP contribution < -0.4 is 5.73 Å². The average Bonchev–Trinajstić information content (AvgIpc) is 2.14. The van der Waals surface area contributed by atoms with Crippen LogP contribution in [0.1, 0.15) is 10.4 Å². The molecule has 0 unspecified atom stereocenters. The van der Waals surface area contributed by atoms with E-state index in [1.165, 1.54) is 0 Å². The van der Waals surface area contributed by atoms with Crippen molar-refractivity contribution < 1.29 is 9.90 Å². The summed E-state index contributed by atoms with van der Waals surface area (Å²) in [7, 11) is 5.10. The summed E-state index contributed by atoms with van der Waals surface area (Å²) in [6.45, 7) is 0. The second kappa shape index (κ2) is 2.05. The summed E-state index contributed by atoms with van der Waals surface area (Å²) in [6, 6.07) is 0. The maximum atomic E-state index is 10.2. The van der Waals surface area contributed by atoms with Gasteiger partial charge in [-0.15, -0.1) is 0 Å². The van der Waals surface area contributed by atoms with Crippen molar-refractivity contribution in [3.05, 3.63) is 11.8 Å². The van der Waals surface area contributed by atoms with Crippen LogP contribution in [0, 0.1) is 0 Å². The maximum absolute atomic E-state index is 10.2. The van der Waals surface area contributed by atoms with E-state index in [9.17, 15) is 4.79 Å². The number of nitrogen functional groups attached to an aromatic ring is 1. The van der Waals surface area contributed by atoms with Crippen molar-refractivity contribution in [1.82, 2.24) is 9.69 Å². The minimum Gasteiger partial charge on any atom is -0.477 e. The number of carboxylic acid groups (broad SMARTS) is 1. The van der Waals surface area contributed by atoms with E-state index in [-0.39, 0.29) is 11.4 Å². The molecule has 5 nitrogen and oxygen atoms in total. The van der Waals surface area contributed by atoms with Crippen molar-refractivity contribution in [3.63, 3.8) is 0 Å². The highest BCUT2D eigenvalue weighted by Crippen LogP contribution is 2.07. The van der Waals surface area contributed by atoms with E-state index in [1.54, 1.807) is 0 Å². The molecule has 0 saturated carbocycles. The third-order valence-corrected chi connectivity index (χ3v) is 1.06. The van der Waals surface area contributed by atoms with Gasteiger partial charge in [-0.05, 0) is 0 Å². The summed E-state index contributed by atoms with van der Waals surface area (Å²) >= 11 is 0. The number of aromatic nitrogens is 2. The van der Waals surface area contributed by atoms with Crippen LogP contribution in [0.5, 0.6) is 0 Å². The Kier molecular flexibility index (Phi) is 1.37. The molecule has 0 spiro atoms. The Morgan fingerprint density at radius 1 is 1.90 bits per heavy atom. The molecule has 0 bridgehead atoms. The van der Waals surface area contributed by atoms with Crippen LogP contribution in [0.15, 0.2) is 6.20 Å². The first kappa shape index (κ1) is 6.66. The van der Waals surface area contributed by atoms with Gasteiger partial charge in [0.2, 0.25) is 0 Å². The predicted molar refractivity (Wildman–Crippen MR) is 34.8 cm³/mol. The van der Waals surface area contributed by atoms with Crippen LogP contribution in [-0.2, 0) is 0 Å². The number of anilines is 1. The Labute approximate surface area is 57.9 Å². The first-order chi connectivity index (χ1) is 4.63. The molecule has 0 amide bonds. The van der Waals surface area contributed by atoms with Gasteiger partial charge in [0, 0.05) is 0 Å². The number of carbonyl (C=O) groups is 1. The van der Waals surface area contributed by atoms with Gasteiger partial charge in [-0.3, -0.25) is 0 Å². The molecule has 50 valence electrons. The van der Waals surface area contributed by atoms with Crippen LogP contribution in [0.4, 0.5) is 5.82 Å². The number of hydrogen-bond acceptors (Lipinski definition) is 3. The third kappa shape index (κ3) is 0.833. The number of aromatic carboxylic acids is 1. The molecule has 0 saturated heterocycles. The fourth-order valence-corrected chi connectivity index (χ4v) is 0.536. The van der Waals surface area contributed by atoms with E-state index in [1.807, 2.05) is 0 Å². The van der Waals surface area contributed by atoms with Crippen LogP contribution in [0.2, 0.25) is 0 Å². The van der Waals surface area contributed by atoms with Crippen LogP contribution in [0.25, 0.3) is 0 Å². The molecule has 1 heterocycles. The minimum absolute atomic E-state index is 0.0486. The van der Waals surface area contributed by atoms with Gasteiger partial charge < -0.3 is 15.4 Å². The highest BCUT2D eigenvalue weighted by Gasteiger charge is 2.10. The van der Waals surface area contributed by atoms with Crippen molar-refractivity contribution in [3.8, 4) is 0 Å². The molecule has 0 atom stereocenters. The molecular formula is C4H4BN3O2. The first-order valence-electron chi connectivity index (χ1n) is 2.45. The molecule has 3 N–H and O–H groups in total. The summed E-state index contributed by atoms with van der Waals surface area (Å²) in [5, 5.41) is 11.8. The fraction of sp³-hybridized carbons (Fsp3) is 0. The molecule has 0 fully saturated rings. The molecule has 2 radical (unpaired) electrons. The van der Waals surface area contributed by atoms with Gasteiger partial charge in [0.1, 0.15) is 11.4 Å². The number of carboxylic acids is 1. The highest BCUT2D eigenvalue weighted by molar-refractivity contribution is 6.09. The van der Waals surface area contributed by atoms with Crippen LogP contribution >= 0.6 is 0 Å². The topological polar surface area (TPSA) is 81.1 Å². The zero-order chi connectivity index (χ0) is 7.72. The molecular weight excluding hydrogens is 133 g/mol. The summed E-state index contributed by atoms with van der Waals surface area (Å²) in [5.41, 5.74) is 5.12. The first-order valence-corrected chi connectivity index (χ1v) is 2.45. The third-order valence-electron chi connectivity index (χ3n) is 1.06. The minimum atomic E-state index is -1.13. The molecule has 0 aliphatic carbocycles. The highest BCUT2D eigenvalue weighted by atomic mass is 16.4. The van der Waals surface area contributed by atoms with Crippen molar-refractivity contribution >= 4 is 19.8 Å². The van der Waals surface area contributed by atoms with Gasteiger partial charge in [-0.1, -0.05) is 0 Å². The summed E-state index contributed by atoms with van der Waals surface area (Å²) < 4.78 is 0.809. The lowest BCUT2D eigenvalue weighted by Crippen LogP contribution is -2.04. The molecule has 1 rings (SSSR count). The van der Waals surface area contributed by atoms with E-state index < -0.39 is 5.97 Å². The smallest absolute Gasteiger partial charge is 0.341 e. The lowest BCUT2D eigenvalue weighted by atomic mass is 10.3. The number of nitrogens with two attached hydrogens (primary N) is 1. The lowest BCUT2D eigenvalue weighted by molar-refractivity contribution is 0.0698. The molecule has 0 aliphatic heterocycles. The SMILES string of the molecule is [B]n1ncc(C(=O)O)c1N. The lowest BCUT2D eigenvalue weighted by Gasteiger charge is -1.93. The Hall–Kier alpha value is -1.46. The monoisotopic (exact) mass is 137 g/mol. The zero-order valence-corrected chi connectivity index (χ0v) is 4.98. The molecule has 6 heteroatoms. The van der Waals surface area contributed by atoms with Crippen molar-refractivity contribution in [2.24, 2.45) is 0 Å². The average molecular weight is 137 g/mol. The Morgan fingerprint density at radius 2 is 2.50 bits per heavy atom. The predicted octanol–water partition coefficient (Wildman–Crippen LogP) is -0.905. The van der Waals surface area contributed by atoms with Crippen LogP contribution in [0.3, 0.4) is 0 Å². The molecule has 0 aliphatic rings. The van der Waals surface area contributed by atoms with Gasteiger partial charge >= 0.3 is 5.97 Å². The number of rotatable bonds is 1. The quantitative estimate of drug-likeness (QED) is 0.491. The normalized spacial score (nSPS) is 9.60. The second-order valence-corrected chi connectivity index (χ2v) is 1.69. The Bertz CT molecular complexity index is 269. The molecule has 10 heavy (non-hydrogen) atoms. The maximum Gasteiger partial charge on any atom is 0.341 e. The Balaban J connectivity index is 3.17. The van der Waals surface area contributed by atoms with E-state index in [0.717, 1.165) is 10.8 Å². The zero-order valence-electron chi connectivity index (χ0n) is 4.98. The number of hydrogen-bond donors (Lipinski definition) is 2. The van der Waals surface area contributed by atoms with Crippen molar-refractivity contribution in [2.45, 2.75) is 0 Å². The second-order valence-electron chi connectivity index (χ2n) is 1.69.